The molecule has 1 aliphatic heterocycles. The first kappa shape index (κ1) is 14.2. The van der Waals surface area contributed by atoms with Gasteiger partial charge in [0.05, 0.1) is 5.75 Å². The summed E-state index contributed by atoms with van der Waals surface area (Å²) < 4.78 is 0. The van der Waals surface area contributed by atoms with Gasteiger partial charge in [-0.15, -0.1) is 11.8 Å². The first-order valence-electron chi connectivity index (χ1n) is 7.37. The standard InChI is InChI=1S/C14H26N2OS/c1-11(12-4-2-3-5-12)16-14(17)10-18-13-6-8-15-9-7-13/h11-13,15H,2-10H2,1H3,(H,16,17)/t11-/m1/s1. The van der Waals surface area contributed by atoms with Gasteiger partial charge in [-0.2, -0.15) is 0 Å². The van der Waals surface area contributed by atoms with E-state index >= 15 is 0 Å². The molecule has 1 amide bonds. The smallest absolute Gasteiger partial charge is 0.230 e. The Hall–Kier alpha value is -0.220. The summed E-state index contributed by atoms with van der Waals surface area (Å²) in [5, 5.41) is 7.22. The molecule has 2 fully saturated rings. The molecule has 1 saturated carbocycles. The topological polar surface area (TPSA) is 41.1 Å². The van der Waals surface area contributed by atoms with Crippen LogP contribution in [0.25, 0.3) is 0 Å². The van der Waals surface area contributed by atoms with E-state index < -0.39 is 0 Å². The van der Waals surface area contributed by atoms with E-state index in [-0.39, 0.29) is 5.91 Å². The van der Waals surface area contributed by atoms with Crippen LogP contribution in [-0.2, 0) is 4.79 Å². The Morgan fingerprint density at radius 3 is 2.61 bits per heavy atom. The Bertz CT molecular complexity index is 261. The van der Waals surface area contributed by atoms with Crippen LogP contribution in [0.15, 0.2) is 0 Å². The third kappa shape index (κ3) is 4.47. The molecule has 1 heterocycles. The highest BCUT2D eigenvalue weighted by atomic mass is 32.2. The van der Waals surface area contributed by atoms with Gasteiger partial charge in [0.2, 0.25) is 5.91 Å². The molecule has 0 spiro atoms. The van der Waals surface area contributed by atoms with Crippen LogP contribution < -0.4 is 10.6 Å². The minimum absolute atomic E-state index is 0.234. The third-order valence-corrected chi connectivity index (χ3v) is 5.60. The zero-order valence-electron chi connectivity index (χ0n) is 11.4. The number of nitrogens with one attached hydrogen (secondary N) is 2. The largest absolute Gasteiger partial charge is 0.353 e. The molecule has 0 aromatic rings. The van der Waals surface area contributed by atoms with Crippen LogP contribution in [0.5, 0.6) is 0 Å². The third-order valence-electron chi connectivity index (χ3n) is 4.23. The van der Waals surface area contributed by atoms with E-state index in [9.17, 15) is 4.79 Å². The minimum Gasteiger partial charge on any atom is -0.353 e. The van der Waals surface area contributed by atoms with Gasteiger partial charge in [-0.25, -0.2) is 0 Å². The quantitative estimate of drug-likeness (QED) is 0.804. The van der Waals surface area contributed by atoms with Crippen molar-refractivity contribution in [1.29, 1.82) is 0 Å². The number of rotatable bonds is 5. The first-order valence-corrected chi connectivity index (χ1v) is 8.42. The maximum absolute atomic E-state index is 11.9. The number of piperidine rings is 1. The lowest BCUT2D eigenvalue weighted by atomic mass is 10.00. The van der Waals surface area contributed by atoms with Gasteiger partial charge in [-0.05, 0) is 51.6 Å². The second-order valence-corrected chi connectivity index (χ2v) is 6.95. The van der Waals surface area contributed by atoms with E-state index in [2.05, 4.69) is 17.6 Å². The summed E-state index contributed by atoms with van der Waals surface area (Å²) in [5.41, 5.74) is 0. The van der Waals surface area contributed by atoms with Crippen molar-refractivity contribution in [1.82, 2.24) is 10.6 Å². The molecule has 3 nitrogen and oxygen atoms in total. The normalized spacial score (nSPS) is 24.1. The van der Waals surface area contributed by atoms with E-state index in [0.717, 1.165) is 19.0 Å². The van der Waals surface area contributed by atoms with Gasteiger partial charge in [0.25, 0.3) is 0 Å². The molecule has 4 heteroatoms. The van der Waals surface area contributed by atoms with E-state index in [1.54, 1.807) is 0 Å². The first-order chi connectivity index (χ1) is 8.75. The lowest BCUT2D eigenvalue weighted by Crippen LogP contribution is -2.39. The van der Waals surface area contributed by atoms with Crippen LogP contribution in [0.2, 0.25) is 0 Å². The van der Waals surface area contributed by atoms with Crippen molar-refractivity contribution in [3.63, 3.8) is 0 Å². The fourth-order valence-electron chi connectivity index (χ4n) is 3.03. The molecule has 0 unspecified atom stereocenters. The highest BCUT2D eigenvalue weighted by Gasteiger charge is 2.23. The molecule has 1 aliphatic carbocycles. The van der Waals surface area contributed by atoms with Gasteiger partial charge in [-0.1, -0.05) is 12.8 Å². The zero-order valence-corrected chi connectivity index (χ0v) is 12.2. The van der Waals surface area contributed by atoms with Gasteiger partial charge < -0.3 is 10.6 Å². The highest BCUT2D eigenvalue weighted by molar-refractivity contribution is 8.00. The summed E-state index contributed by atoms with van der Waals surface area (Å²) in [6, 6.07) is 0.369. The Kier molecular flexibility index (Phi) is 5.83. The molecule has 0 bridgehead atoms. The molecule has 0 aromatic heterocycles. The summed E-state index contributed by atoms with van der Waals surface area (Å²) in [6.45, 7) is 4.39. The summed E-state index contributed by atoms with van der Waals surface area (Å²) in [7, 11) is 0. The Morgan fingerprint density at radius 1 is 1.28 bits per heavy atom. The van der Waals surface area contributed by atoms with E-state index in [0.29, 0.717) is 17.0 Å². The van der Waals surface area contributed by atoms with Crippen LogP contribution in [-0.4, -0.2) is 36.0 Å². The molecular weight excluding hydrogens is 244 g/mol. The monoisotopic (exact) mass is 270 g/mol. The molecule has 2 N–H and O–H groups in total. The minimum atomic E-state index is 0.234. The van der Waals surface area contributed by atoms with Gasteiger partial charge in [0.15, 0.2) is 0 Å². The number of amides is 1. The Morgan fingerprint density at radius 2 is 1.94 bits per heavy atom. The molecule has 1 saturated heterocycles. The van der Waals surface area contributed by atoms with E-state index in [4.69, 9.17) is 0 Å². The Labute approximate surface area is 115 Å². The van der Waals surface area contributed by atoms with Gasteiger partial charge >= 0.3 is 0 Å². The lowest BCUT2D eigenvalue weighted by molar-refractivity contribution is -0.119. The summed E-state index contributed by atoms with van der Waals surface area (Å²) in [4.78, 5) is 11.9. The van der Waals surface area contributed by atoms with E-state index in [1.807, 2.05) is 11.8 Å². The molecule has 1 atom stereocenters. The number of thioether (sulfide) groups is 1. The van der Waals surface area contributed by atoms with Gasteiger partial charge in [0.1, 0.15) is 0 Å². The Balaban J connectivity index is 1.61. The maximum atomic E-state index is 11.9. The van der Waals surface area contributed by atoms with Crippen molar-refractivity contribution in [2.24, 2.45) is 5.92 Å². The zero-order chi connectivity index (χ0) is 12.8. The van der Waals surface area contributed by atoms with Crippen molar-refractivity contribution < 1.29 is 4.79 Å². The maximum Gasteiger partial charge on any atom is 0.230 e. The second-order valence-electron chi connectivity index (χ2n) is 5.66. The summed E-state index contributed by atoms with van der Waals surface area (Å²) in [6.07, 6.45) is 7.68. The molecule has 18 heavy (non-hydrogen) atoms. The molecule has 104 valence electrons. The van der Waals surface area contributed by atoms with Crippen LogP contribution in [0.4, 0.5) is 0 Å². The van der Waals surface area contributed by atoms with Crippen LogP contribution in [0.1, 0.15) is 45.4 Å². The number of carbonyl (C=O) groups is 1. The average Bonchev–Trinajstić information content (AvgIpc) is 2.91. The predicted octanol–water partition coefficient (Wildman–Crippen LogP) is 2.17. The van der Waals surface area contributed by atoms with Crippen LogP contribution >= 0.6 is 11.8 Å². The highest BCUT2D eigenvalue weighted by Crippen LogP contribution is 2.27. The molecular formula is C14H26N2OS. The second kappa shape index (κ2) is 7.39. The van der Waals surface area contributed by atoms with Crippen molar-refractivity contribution in [3.05, 3.63) is 0 Å². The number of hydrogen-bond donors (Lipinski definition) is 2. The van der Waals surface area contributed by atoms with Crippen molar-refractivity contribution in [3.8, 4) is 0 Å². The van der Waals surface area contributed by atoms with Gasteiger partial charge in [-0.3, -0.25) is 4.79 Å². The number of carbonyl (C=O) groups excluding carboxylic acids is 1. The van der Waals surface area contributed by atoms with Gasteiger partial charge in [0, 0.05) is 11.3 Å². The summed E-state index contributed by atoms with van der Waals surface area (Å²) >= 11 is 1.84. The molecule has 2 aliphatic rings. The molecule has 0 aromatic carbocycles. The summed E-state index contributed by atoms with van der Waals surface area (Å²) in [5.74, 6) is 1.60. The fraction of sp³-hybridized carbons (Fsp3) is 0.929. The lowest BCUT2D eigenvalue weighted by Gasteiger charge is -2.23. The average molecular weight is 270 g/mol. The van der Waals surface area contributed by atoms with Crippen LogP contribution in [0, 0.1) is 5.92 Å². The van der Waals surface area contributed by atoms with Crippen LogP contribution in [0.3, 0.4) is 0 Å². The molecule has 2 rings (SSSR count). The van der Waals surface area contributed by atoms with Crippen molar-refractivity contribution in [2.75, 3.05) is 18.8 Å². The predicted molar refractivity (Wildman–Crippen MR) is 77.9 cm³/mol. The van der Waals surface area contributed by atoms with Crippen molar-refractivity contribution >= 4 is 17.7 Å². The molecule has 0 radical (unpaired) electrons. The SMILES string of the molecule is C[C@@H](NC(=O)CSC1CCNCC1)C1CCCC1. The number of hydrogen-bond acceptors (Lipinski definition) is 3. The fourth-order valence-corrected chi connectivity index (χ4v) is 4.07. The van der Waals surface area contributed by atoms with E-state index in [1.165, 1.54) is 38.5 Å². The van der Waals surface area contributed by atoms with Crippen molar-refractivity contribution in [2.45, 2.75) is 56.7 Å².